The van der Waals surface area contributed by atoms with E-state index in [2.05, 4.69) is 11.4 Å². The minimum absolute atomic E-state index is 0.0547. The molecule has 10 heteroatoms. The zero-order valence-electron chi connectivity index (χ0n) is 19.0. The van der Waals surface area contributed by atoms with Crippen LogP contribution in [0.15, 0.2) is 60.2 Å². The van der Waals surface area contributed by atoms with Crippen LogP contribution in [0.3, 0.4) is 0 Å². The lowest BCUT2D eigenvalue weighted by atomic mass is 9.82. The van der Waals surface area contributed by atoms with Gasteiger partial charge in [0.1, 0.15) is 0 Å². The molecule has 1 saturated carbocycles. The van der Waals surface area contributed by atoms with E-state index in [4.69, 9.17) is 4.74 Å². The van der Waals surface area contributed by atoms with E-state index in [-0.39, 0.29) is 41.0 Å². The number of allylic oxidation sites excluding steroid dienone is 2. The molecule has 5 rings (SSSR count). The second-order valence-electron chi connectivity index (χ2n) is 9.19. The van der Waals surface area contributed by atoms with Crippen LogP contribution in [0, 0.1) is 23.7 Å². The molecule has 36 heavy (non-hydrogen) atoms. The number of amides is 3. The summed E-state index contributed by atoms with van der Waals surface area (Å²) in [6, 6.07) is 10.1. The van der Waals surface area contributed by atoms with Gasteiger partial charge in [-0.1, -0.05) is 23.8 Å². The summed E-state index contributed by atoms with van der Waals surface area (Å²) >= 11 is 0. The summed E-state index contributed by atoms with van der Waals surface area (Å²) in [5, 5.41) is 2.09. The Morgan fingerprint density at radius 1 is 1.03 bits per heavy atom. The molecule has 4 atom stereocenters. The summed E-state index contributed by atoms with van der Waals surface area (Å²) < 4.78 is 44.1. The minimum atomic E-state index is -4.66. The fourth-order valence-corrected chi connectivity index (χ4v) is 5.52. The number of hydrogen-bond donors (Lipinski definition) is 1. The second-order valence-corrected chi connectivity index (χ2v) is 9.19. The highest BCUT2D eigenvalue weighted by Crippen LogP contribution is 2.55. The van der Waals surface area contributed by atoms with Crippen LogP contribution in [0.2, 0.25) is 0 Å². The molecule has 0 unspecified atom stereocenters. The number of rotatable bonds is 5. The molecule has 1 heterocycles. The number of carbonyl (C=O) groups is 4. The standard InChI is InChI=1S/C26H21F3N2O5/c1-13-10-15-11-17(13)22-21(15)23(33)31(24(22)34)16-8-6-14(7-9-16)25(35)36-12-20(32)30-19-5-3-2-4-18(19)26(27,28)29/h2-10,15,17,21-22H,11-12H2,1H3,(H,30,32)/t15-,17+,21-,22-/m0/s1. The number of alkyl halides is 3. The van der Waals surface area contributed by atoms with Crippen LogP contribution in [-0.4, -0.2) is 30.3 Å². The predicted octanol–water partition coefficient (Wildman–Crippen LogP) is 4.20. The number of anilines is 2. The third-order valence-electron chi connectivity index (χ3n) is 7.08. The Morgan fingerprint density at radius 2 is 1.69 bits per heavy atom. The molecule has 0 aromatic heterocycles. The first-order chi connectivity index (χ1) is 17.1. The van der Waals surface area contributed by atoms with E-state index in [1.165, 1.54) is 41.3 Å². The van der Waals surface area contributed by atoms with Crippen LogP contribution in [0.1, 0.15) is 29.3 Å². The average molecular weight is 498 g/mol. The molecule has 2 fully saturated rings. The predicted molar refractivity (Wildman–Crippen MR) is 122 cm³/mol. The van der Waals surface area contributed by atoms with Gasteiger partial charge in [0.25, 0.3) is 5.91 Å². The number of hydrogen-bond acceptors (Lipinski definition) is 5. The third kappa shape index (κ3) is 3.96. The molecule has 3 amide bonds. The minimum Gasteiger partial charge on any atom is -0.452 e. The van der Waals surface area contributed by atoms with Crippen molar-refractivity contribution in [2.24, 2.45) is 23.7 Å². The van der Waals surface area contributed by atoms with Gasteiger partial charge in [0.15, 0.2) is 6.61 Å². The van der Waals surface area contributed by atoms with E-state index in [0.717, 1.165) is 24.1 Å². The molecule has 3 aliphatic rings. The van der Waals surface area contributed by atoms with Gasteiger partial charge >= 0.3 is 12.1 Å². The van der Waals surface area contributed by atoms with Crippen LogP contribution in [-0.2, 0) is 25.3 Å². The van der Waals surface area contributed by atoms with Crippen LogP contribution in [0.4, 0.5) is 24.5 Å². The van der Waals surface area contributed by atoms with Gasteiger partial charge in [0.2, 0.25) is 11.8 Å². The normalized spacial score (nSPS) is 24.6. The van der Waals surface area contributed by atoms with Crippen LogP contribution >= 0.6 is 0 Å². The number of nitrogens with one attached hydrogen (secondary N) is 1. The van der Waals surface area contributed by atoms with Crippen molar-refractivity contribution >= 4 is 35.1 Å². The molecule has 2 aromatic carbocycles. The topological polar surface area (TPSA) is 92.8 Å². The zero-order chi connectivity index (χ0) is 25.8. The summed E-state index contributed by atoms with van der Waals surface area (Å²) in [6.07, 6.45) is -1.75. The SMILES string of the molecule is CC1=C[C@H]2C[C@H]1[C@@H]1C(=O)N(c3ccc(C(=O)OCC(=O)Nc4ccccc4C(F)(F)F)cc3)C(=O)[C@H]12. The molecule has 2 aliphatic carbocycles. The molecule has 0 radical (unpaired) electrons. The third-order valence-corrected chi connectivity index (χ3v) is 7.08. The van der Waals surface area contributed by atoms with E-state index < -0.39 is 35.9 Å². The summed E-state index contributed by atoms with van der Waals surface area (Å²) in [5.74, 6) is -2.84. The van der Waals surface area contributed by atoms with Gasteiger partial charge in [0.05, 0.1) is 34.3 Å². The molecular weight excluding hydrogens is 477 g/mol. The Balaban J connectivity index is 1.21. The Morgan fingerprint density at radius 3 is 2.39 bits per heavy atom. The average Bonchev–Trinajstić information content (AvgIpc) is 3.47. The second kappa shape index (κ2) is 8.61. The molecule has 1 N–H and O–H groups in total. The molecule has 0 spiro atoms. The fraction of sp³-hybridized carbons (Fsp3) is 0.308. The first-order valence-electron chi connectivity index (χ1n) is 11.4. The lowest BCUT2D eigenvalue weighted by molar-refractivity contribution is -0.137. The van der Waals surface area contributed by atoms with Gasteiger partial charge in [-0.15, -0.1) is 0 Å². The van der Waals surface area contributed by atoms with Gasteiger partial charge < -0.3 is 10.1 Å². The largest absolute Gasteiger partial charge is 0.452 e. The highest BCUT2D eigenvalue weighted by molar-refractivity contribution is 6.23. The van der Waals surface area contributed by atoms with Gasteiger partial charge in [-0.25, -0.2) is 4.79 Å². The molecule has 186 valence electrons. The van der Waals surface area contributed by atoms with Crippen molar-refractivity contribution in [3.63, 3.8) is 0 Å². The molecular formula is C26H21F3N2O5. The number of imide groups is 1. The van der Waals surface area contributed by atoms with Crippen molar-refractivity contribution in [2.45, 2.75) is 19.5 Å². The Labute approximate surface area is 203 Å². The van der Waals surface area contributed by atoms with E-state index in [0.29, 0.717) is 5.69 Å². The van der Waals surface area contributed by atoms with E-state index in [1.807, 2.05) is 6.92 Å². The lowest BCUT2D eigenvalue weighted by Crippen LogP contribution is -2.33. The van der Waals surface area contributed by atoms with Gasteiger partial charge in [-0.05, 0) is 61.6 Å². The number of benzene rings is 2. The van der Waals surface area contributed by atoms with E-state index in [9.17, 15) is 32.3 Å². The van der Waals surface area contributed by atoms with Gasteiger partial charge in [0, 0.05) is 0 Å². The number of carbonyl (C=O) groups excluding carboxylic acids is 4. The van der Waals surface area contributed by atoms with Crippen molar-refractivity contribution in [2.75, 3.05) is 16.8 Å². The zero-order valence-corrected chi connectivity index (χ0v) is 19.0. The van der Waals surface area contributed by atoms with Crippen molar-refractivity contribution < 1.29 is 37.1 Å². The fourth-order valence-electron chi connectivity index (χ4n) is 5.52. The number of esters is 1. The monoisotopic (exact) mass is 498 g/mol. The Kier molecular flexibility index (Phi) is 5.69. The number of para-hydroxylation sites is 1. The van der Waals surface area contributed by atoms with Crippen molar-refractivity contribution in [3.05, 3.63) is 71.3 Å². The van der Waals surface area contributed by atoms with Crippen LogP contribution in [0.25, 0.3) is 0 Å². The van der Waals surface area contributed by atoms with E-state index >= 15 is 0 Å². The maximum absolute atomic E-state index is 13.1. The highest BCUT2D eigenvalue weighted by Gasteiger charge is 2.60. The number of fused-ring (bicyclic) bond motifs is 5. The summed E-state index contributed by atoms with van der Waals surface area (Å²) in [5.41, 5.74) is 0.0789. The maximum Gasteiger partial charge on any atom is 0.418 e. The Bertz CT molecular complexity index is 1300. The number of halogens is 3. The summed E-state index contributed by atoms with van der Waals surface area (Å²) in [7, 11) is 0. The lowest BCUT2D eigenvalue weighted by Gasteiger charge is -2.19. The summed E-state index contributed by atoms with van der Waals surface area (Å²) in [4.78, 5) is 51.6. The molecule has 7 nitrogen and oxygen atoms in total. The molecule has 1 saturated heterocycles. The molecule has 1 aliphatic heterocycles. The maximum atomic E-state index is 13.1. The van der Waals surface area contributed by atoms with Crippen molar-refractivity contribution in [3.8, 4) is 0 Å². The Hall–Kier alpha value is -3.95. The first kappa shape index (κ1) is 23.8. The quantitative estimate of drug-likeness (QED) is 0.379. The number of nitrogens with zero attached hydrogens (tertiary/aromatic N) is 1. The summed E-state index contributed by atoms with van der Waals surface area (Å²) in [6.45, 7) is 1.19. The number of ether oxygens (including phenoxy) is 1. The van der Waals surface area contributed by atoms with Crippen molar-refractivity contribution in [1.29, 1.82) is 0 Å². The molecule has 2 bridgehead atoms. The smallest absolute Gasteiger partial charge is 0.418 e. The van der Waals surface area contributed by atoms with Gasteiger partial charge in [-0.3, -0.25) is 19.3 Å². The molecule has 2 aromatic rings. The van der Waals surface area contributed by atoms with Crippen LogP contribution in [0.5, 0.6) is 0 Å². The van der Waals surface area contributed by atoms with Crippen LogP contribution < -0.4 is 10.2 Å². The highest BCUT2D eigenvalue weighted by atomic mass is 19.4. The van der Waals surface area contributed by atoms with Gasteiger partial charge in [-0.2, -0.15) is 13.2 Å². The van der Waals surface area contributed by atoms with E-state index in [1.54, 1.807) is 0 Å². The first-order valence-corrected chi connectivity index (χ1v) is 11.4. The van der Waals surface area contributed by atoms with Crippen molar-refractivity contribution in [1.82, 2.24) is 0 Å².